The minimum absolute atomic E-state index is 0.122. The number of carbonyl (C=O) groups is 1. The van der Waals surface area contributed by atoms with Crippen LogP contribution in [0.3, 0.4) is 0 Å². The molecule has 0 aromatic carbocycles. The fourth-order valence-electron chi connectivity index (χ4n) is 2.80. The number of hydrogen-bond acceptors (Lipinski definition) is 4. The number of H-pyrrole nitrogens is 1. The molecule has 1 fully saturated rings. The molecule has 0 aliphatic carbocycles. The first-order chi connectivity index (χ1) is 10.2. The van der Waals surface area contributed by atoms with Gasteiger partial charge >= 0.3 is 0 Å². The predicted octanol–water partition coefficient (Wildman–Crippen LogP) is 0.767. The monoisotopic (exact) mass is 288 g/mol. The van der Waals surface area contributed by atoms with E-state index in [-0.39, 0.29) is 11.8 Å². The van der Waals surface area contributed by atoms with Gasteiger partial charge in [0.15, 0.2) is 0 Å². The highest BCUT2D eigenvalue weighted by atomic mass is 16.2. The number of anilines is 1. The molecule has 3 N–H and O–H groups in total. The molecule has 1 unspecified atom stereocenters. The van der Waals surface area contributed by atoms with Crippen LogP contribution in [0.25, 0.3) is 0 Å². The van der Waals surface area contributed by atoms with Gasteiger partial charge in [-0.2, -0.15) is 10.2 Å². The van der Waals surface area contributed by atoms with Gasteiger partial charge in [0, 0.05) is 31.7 Å². The number of rotatable bonds is 4. The van der Waals surface area contributed by atoms with Crippen molar-refractivity contribution < 1.29 is 4.79 Å². The minimum Gasteiger partial charge on any atom is -0.396 e. The summed E-state index contributed by atoms with van der Waals surface area (Å²) >= 11 is 0. The topological polar surface area (TPSA) is 92.8 Å². The van der Waals surface area contributed by atoms with Crippen LogP contribution in [0.1, 0.15) is 30.7 Å². The number of nitrogens with two attached hydrogens (primary N) is 1. The third-order valence-electron chi connectivity index (χ3n) is 4.00. The van der Waals surface area contributed by atoms with Crippen molar-refractivity contribution in [1.82, 2.24) is 24.9 Å². The van der Waals surface area contributed by atoms with E-state index in [0.717, 1.165) is 30.9 Å². The van der Waals surface area contributed by atoms with Gasteiger partial charge in [0.2, 0.25) is 5.91 Å². The van der Waals surface area contributed by atoms with Crippen molar-refractivity contribution in [3.05, 3.63) is 29.8 Å². The number of nitrogen functional groups attached to an aromatic ring is 1. The van der Waals surface area contributed by atoms with Crippen LogP contribution < -0.4 is 5.73 Å². The van der Waals surface area contributed by atoms with E-state index in [1.807, 2.05) is 28.8 Å². The SMILES string of the molecule is CCn1ccc(CC(=O)N2CCC(c3[nH]ncc3N)C2)n1. The van der Waals surface area contributed by atoms with Crippen molar-refractivity contribution in [1.29, 1.82) is 0 Å². The van der Waals surface area contributed by atoms with Crippen LogP contribution in [0.2, 0.25) is 0 Å². The highest BCUT2D eigenvalue weighted by Crippen LogP contribution is 2.29. The Morgan fingerprint density at radius 3 is 3.10 bits per heavy atom. The third-order valence-corrected chi connectivity index (χ3v) is 4.00. The van der Waals surface area contributed by atoms with Crippen LogP contribution in [0.4, 0.5) is 5.69 Å². The van der Waals surface area contributed by atoms with E-state index in [2.05, 4.69) is 15.3 Å². The Labute approximate surface area is 123 Å². The molecule has 2 aromatic rings. The Balaban J connectivity index is 1.60. The first-order valence-electron chi connectivity index (χ1n) is 7.26. The van der Waals surface area contributed by atoms with Crippen molar-refractivity contribution in [3.63, 3.8) is 0 Å². The summed E-state index contributed by atoms with van der Waals surface area (Å²) in [5.74, 6) is 0.376. The summed E-state index contributed by atoms with van der Waals surface area (Å²) in [5, 5.41) is 11.2. The lowest BCUT2D eigenvalue weighted by Crippen LogP contribution is -2.30. The van der Waals surface area contributed by atoms with Crippen LogP contribution in [0.15, 0.2) is 18.5 Å². The molecule has 7 heteroatoms. The zero-order chi connectivity index (χ0) is 14.8. The number of aromatic nitrogens is 4. The lowest BCUT2D eigenvalue weighted by atomic mass is 10.0. The number of nitrogens with one attached hydrogen (secondary N) is 1. The highest BCUT2D eigenvalue weighted by molar-refractivity contribution is 5.78. The molecule has 7 nitrogen and oxygen atoms in total. The van der Waals surface area contributed by atoms with E-state index in [9.17, 15) is 4.79 Å². The van der Waals surface area contributed by atoms with Crippen molar-refractivity contribution in [2.75, 3.05) is 18.8 Å². The van der Waals surface area contributed by atoms with Crippen LogP contribution in [-0.4, -0.2) is 43.9 Å². The molecule has 1 aliphatic rings. The zero-order valence-corrected chi connectivity index (χ0v) is 12.1. The molecule has 3 rings (SSSR count). The molecule has 1 amide bonds. The zero-order valence-electron chi connectivity index (χ0n) is 12.1. The Morgan fingerprint density at radius 2 is 2.43 bits per heavy atom. The standard InChI is InChI=1S/C14H20N6O/c1-2-20-6-4-11(18-20)7-13(21)19-5-3-10(9-19)14-12(15)8-16-17-14/h4,6,8,10H,2-3,5,7,9,15H2,1H3,(H,16,17). The third kappa shape index (κ3) is 2.76. The maximum Gasteiger partial charge on any atom is 0.228 e. The summed E-state index contributed by atoms with van der Waals surface area (Å²) in [6.07, 6.45) is 4.80. The smallest absolute Gasteiger partial charge is 0.228 e. The summed E-state index contributed by atoms with van der Waals surface area (Å²) in [5.41, 5.74) is 8.32. The predicted molar refractivity (Wildman–Crippen MR) is 78.5 cm³/mol. The van der Waals surface area contributed by atoms with E-state index in [0.29, 0.717) is 18.7 Å². The number of nitrogens with zero attached hydrogens (tertiary/aromatic N) is 4. The van der Waals surface area contributed by atoms with Gasteiger partial charge in [-0.05, 0) is 19.4 Å². The molecule has 0 radical (unpaired) electrons. The second kappa shape index (κ2) is 5.59. The average Bonchev–Trinajstić information content (AvgIpc) is 3.17. The number of aryl methyl sites for hydroxylation is 1. The molecule has 1 saturated heterocycles. The maximum absolute atomic E-state index is 12.3. The summed E-state index contributed by atoms with van der Waals surface area (Å²) in [4.78, 5) is 14.2. The summed E-state index contributed by atoms with van der Waals surface area (Å²) in [6.45, 7) is 4.30. The first kappa shape index (κ1) is 13.7. The van der Waals surface area contributed by atoms with E-state index in [1.54, 1.807) is 6.20 Å². The second-order valence-corrected chi connectivity index (χ2v) is 5.40. The Morgan fingerprint density at radius 1 is 1.57 bits per heavy atom. The van der Waals surface area contributed by atoms with Crippen molar-refractivity contribution >= 4 is 11.6 Å². The van der Waals surface area contributed by atoms with Gasteiger partial charge in [0.1, 0.15) is 0 Å². The van der Waals surface area contributed by atoms with E-state index >= 15 is 0 Å². The van der Waals surface area contributed by atoms with Gasteiger partial charge in [0.25, 0.3) is 0 Å². The number of amides is 1. The van der Waals surface area contributed by atoms with Gasteiger partial charge in [-0.15, -0.1) is 0 Å². The molecule has 0 bridgehead atoms. The normalized spacial score (nSPS) is 18.3. The quantitative estimate of drug-likeness (QED) is 0.869. The Kier molecular flexibility index (Phi) is 3.64. The minimum atomic E-state index is 0.122. The summed E-state index contributed by atoms with van der Waals surface area (Å²) < 4.78 is 1.83. The van der Waals surface area contributed by atoms with Gasteiger partial charge in [-0.1, -0.05) is 0 Å². The molecule has 1 atom stereocenters. The molecule has 1 aliphatic heterocycles. The molecule has 2 aromatic heterocycles. The van der Waals surface area contributed by atoms with Crippen LogP contribution in [-0.2, 0) is 17.8 Å². The number of carbonyl (C=O) groups excluding carboxylic acids is 1. The van der Waals surface area contributed by atoms with Gasteiger partial charge in [-0.3, -0.25) is 14.6 Å². The first-order valence-corrected chi connectivity index (χ1v) is 7.26. The second-order valence-electron chi connectivity index (χ2n) is 5.40. The van der Waals surface area contributed by atoms with Crippen molar-refractivity contribution in [3.8, 4) is 0 Å². The van der Waals surface area contributed by atoms with Crippen LogP contribution >= 0.6 is 0 Å². The maximum atomic E-state index is 12.3. The average molecular weight is 288 g/mol. The Bertz CT molecular complexity index is 631. The summed E-state index contributed by atoms with van der Waals surface area (Å²) in [6, 6.07) is 1.90. The summed E-state index contributed by atoms with van der Waals surface area (Å²) in [7, 11) is 0. The molecular formula is C14H20N6O. The molecule has 0 spiro atoms. The van der Waals surface area contributed by atoms with Gasteiger partial charge in [-0.25, -0.2) is 0 Å². The van der Waals surface area contributed by atoms with E-state index < -0.39 is 0 Å². The van der Waals surface area contributed by atoms with E-state index in [1.165, 1.54) is 0 Å². The number of aromatic amines is 1. The fourth-order valence-corrected chi connectivity index (χ4v) is 2.80. The van der Waals surface area contributed by atoms with Gasteiger partial charge < -0.3 is 10.6 Å². The van der Waals surface area contributed by atoms with Crippen LogP contribution in [0, 0.1) is 0 Å². The fraction of sp³-hybridized carbons (Fsp3) is 0.500. The number of likely N-dealkylation sites (tertiary alicyclic amines) is 1. The van der Waals surface area contributed by atoms with Crippen LogP contribution in [0.5, 0.6) is 0 Å². The lowest BCUT2D eigenvalue weighted by Gasteiger charge is -2.15. The highest BCUT2D eigenvalue weighted by Gasteiger charge is 2.29. The number of hydrogen-bond donors (Lipinski definition) is 2. The molecule has 3 heterocycles. The molecule has 112 valence electrons. The van der Waals surface area contributed by atoms with Gasteiger partial charge in [0.05, 0.1) is 29.7 Å². The molecule has 0 saturated carbocycles. The molecular weight excluding hydrogens is 268 g/mol. The van der Waals surface area contributed by atoms with Crippen molar-refractivity contribution in [2.24, 2.45) is 0 Å². The van der Waals surface area contributed by atoms with Crippen molar-refractivity contribution in [2.45, 2.75) is 32.2 Å². The lowest BCUT2D eigenvalue weighted by molar-refractivity contribution is -0.129. The Hall–Kier alpha value is -2.31. The largest absolute Gasteiger partial charge is 0.396 e. The molecule has 21 heavy (non-hydrogen) atoms. The van der Waals surface area contributed by atoms with E-state index in [4.69, 9.17) is 5.73 Å².